The molecule has 0 fully saturated rings. The molecule has 2 rings (SSSR count). The summed E-state index contributed by atoms with van der Waals surface area (Å²) in [5.41, 5.74) is -1.54. The van der Waals surface area contributed by atoms with Crippen LogP contribution in [-0.4, -0.2) is 40.1 Å². The number of nitrogens with zero attached hydrogens (tertiary/aromatic N) is 6. The molecule has 98 valence electrons. The first kappa shape index (κ1) is 12.0. The van der Waals surface area contributed by atoms with Gasteiger partial charge in [-0.25, -0.2) is 0 Å². The Hall–Kier alpha value is -3.45. The van der Waals surface area contributed by atoms with Gasteiger partial charge in [-0.3, -0.25) is 10.1 Å². The Morgan fingerprint density at radius 2 is 1.58 bits per heavy atom. The SMILES string of the molecule is O=[N+]([O-])c1nc(-c2n[nH]c([N+](=O)[O-])c2[N+](=O)[O-])n[nH]1. The monoisotopic (exact) mass is 270 g/mol. The average Bonchev–Trinajstić information content (AvgIpc) is 2.95. The maximum atomic E-state index is 10.8. The van der Waals surface area contributed by atoms with E-state index in [9.17, 15) is 30.3 Å². The zero-order valence-electron chi connectivity index (χ0n) is 8.63. The highest BCUT2D eigenvalue weighted by Crippen LogP contribution is 2.33. The minimum absolute atomic E-state index is 0.497. The second-order valence-corrected chi connectivity index (χ2v) is 3.02. The van der Waals surface area contributed by atoms with Crippen molar-refractivity contribution in [2.45, 2.75) is 0 Å². The van der Waals surface area contributed by atoms with Crippen molar-refractivity contribution in [1.29, 1.82) is 0 Å². The lowest BCUT2D eigenvalue weighted by Crippen LogP contribution is -1.96. The van der Waals surface area contributed by atoms with Crippen LogP contribution < -0.4 is 0 Å². The van der Waals surface area contributed by atoms with Crippen molar-refractivity contribution < 1.29 is 14.8 Å². The van der Waals surface area contributed by atoms with E-state index >= 15 is 0 Å². The van der Waals surface area contributed by atoms with E-state index in [1.807, 2.05) is 10.2 Å². The molecule has 2 aromatic rings. The van der Waals surface area contributed by atoms with Gasteiger partial charge in [0.15, 0.2) is 0 Å². The summed E-state index contributed by atoms with van der Waals surface area (Å²) in [6, 6.07) is 0. The lowest BCUT2D eigenvalue weighted by atomic mass is 10.3. The lowest BCUT2D eigenvalue weighted by Gasteiger charge is -1.89. The van der Waals surface area contributed by atoms with Crippen LogP contribution in [0.15, 0.2) is 0 Å². The number of H-pyrrole nitrogens is 2. The summed E-state index contributed by atoms with van der Waals surface area (Å²) in [5.74, 6) is -2.23. The Balaban J connectivity index is 2.58. The molecule has 0 saturated carbocycles. The van der Waals surface area contributed by atoms with Crippen molar-refractivity contribution in [2.75, 3.05) is 0 Å². The molecule has 0 radical (unpaired) electrons. The van der Waals surface area contributed by atoms with Crippen molar-refractivity contribution in [3.8, 4) is 11.5 Å². The number of hydrogen-bond acceptors (Lipinski definition) is 9. The third kappa shape index (κ3) is 1.92. The van der Waals surface area contributed by atoms with Gasteiger partial charge in [0.2, 0.25) is 0 Å². The summed E-state index contributed by atoms with van der Waals surface area (Å²) in [6.07, 6.45) is 0. The molecule has 0 amide bonds. The fourth-order valence-electron chi connectivity index (χ4n) is 1.22. The molecule has 14 heteroatoms. The Morgan fingerprint density at radius 1 is 0.895 bits per heavy atom. The molecule has 2 heterocycles. The summed E-state index contributed by atoms with van der Waals surface area (Å²) >= 11 is 0. The van der Waals surface area contributed by atoms with Gasteiger partial charge in [-0.1, -0.05) is 10.2 Å². The molecule has 2 N–H and O–H groups in total. The zero-order valence-corrected chi connectivity index (χ0v) is 8.63. The summed E-state index contributed by atoms with van der Waals surface area (Å²) in [6.45, 7) is 0. The van der Waals surface area contributed by atoms with Crippen LogP contribution in [0.5, 0.6) is 0 Å². The average molecular weight is 270 g/mol. The van der Waals surface area contributed by atoms with Crippen molar-refractivity contribution in [2.24, 2.45) is 0 Å². The van der Waals surface area contributed by atoms with Crippen LogP contribution in [0.4, 0.5) is 17.5 Å². The van der Waals surface area contributed by atoms with Gasteiger partial charge < -0.3 is 20.2 Å². The van der Waals surface area contributed by atoms with Crippen molar-refractivity contribution >= 4 is 17.5 Å². The van der Waals surface area contributed by atoms with Crippen LogP contribution in [0.3, 0.4) is 0 Å². The Kier molecular flexibility index (Phi) is 2.59. The Morgan fingerprint density at radius 3 is 2.05 bits per heavy atom. The van der Waals surface area contributed by atoms with Gasteiger partial charge in [-0.15, -0.1) is 10.2 Å². The molecule has 0 saturated heterocycles. The minimum atomic E-state index is -1.06. The summed E-state index contributed by atoms with van der Waals surface area (Å²) in [7, 11) is 0. The van der Waals surface area contributed by atoms with Crippen LogP contribution in [-0.2, 0) is 0 Å². The first-order chi connectivity index (χ1) is 8.91. The Labute approximate surface area is 100 Å². The van der Waals surface area contributed by atoms with Crippen molar-refractivity contribution in [3.05, 3.63) is 30.3 Å². The maximum absolute atomic E-state index is 10.8. The molecule has 2 aromatic heterocycles. The summed E-state index contributed by atoms with van der Waals surface area (Å²) < 4.78 is 0. The second kappa shape index (κ2) is 4.09. The molecule has 0 bridgehead atoms. The molecule has 0 unspecified atom stereocenters. The highest BCUT2D eigenvalue weighted by Gasteiger charge is 2.37. The molecular weight excluding hydrogens is 268 g/mol. The number of hydrogen-bond donors (Lipinski definition) is 2. The van der Waals surface area contributed by atoms with Crippen LogP contribution in [0.25, 0.3) is 11.5 Å². The van der Waals surface area contributed by atoms with E-state index in [1.165, 1.54) is 0 Å². The van der Waals surface area contributed by atoms with Gasteiger partial charge in [-0.05, 0) is 14.8 Å². The van der Waals surface area contributed by atoms with Gasteiger partial charge in [0, 0.05) is 0 Å². The van der Waals surface area contributed by atoms with E-state index in [4.69, 9.17) is 0 Å². The molecule has 0 aromatic carbocycles. The van der Waals surface area contributed by atoms with Crippen LogP contribution in [0.1, 0.15) is 0 Å². The van der Waals surface area contributed by atoms with Crippen molar-refractivity contribution in [1.82, 2.24) is 25.4 Å². The van der Waals surface area contributed by atoms with E-state index in [2.05, 4.69) is 15.2 Å². The molecule has 19 heavy (non-hydrogen) atoms. The quantitative estimate of drug-likeness (QED) is 0.562. The molecule has 0 spiro atoms. The summed E-state index contributed by atoms with van der Waals surface area (Å²) in [4.78, 5) is 32.0. The van der Waals surface area contributed by atoms with Crippen LogP contribution >= 0.6 is 0 Å². The van der Waals surface area contributed by atoms with Gasteiger partial charge in [0.05, 0.1) is 4.92 Å². The normalized spacial score (nSPS) is 10.3. The smallest absolute Gasteiger partial charge is 0.390 e. The maximum Gasteiger partial charge on any atom is 0.453 e. The first-order valence-electron chi connectivity index (χ1n) is 4.36. The topological polar surface area (TPSA) is 200 Å². The van der Waals surface area contributed by atoms with E-state index < -0.39 is 43.7 Å². The molecule has 0 atom stereocenters. The van der Waals surface area contributed by atoms with Gasteiger partial charge in [0.25, 0.3) is 5.69 Å². The van der Waals surface area contributed by atoms with Gasteiger partial charge in [0.1, 0.15) is 0 Å². The predicted molar refractivity (Wildman–Crippen MR) is 53.9 cm³/mol. The molecule has 14 nitrogen and oxygen atoms in total. The number of aromatic nitrogens is 5. The fourth-order valence-corrected chi connectivity index (χ4v) is 1.22. The summed E-state index contributed by atoms with van der Waals surface area (Å²) in [5, 5.41) is 42.1. The molecule has 0 aliphatic heterocycles. The molecule has 0 aliphatic rings. The Bertz CT molecular complexity index is 686. The van der Waals surface area contributed by atoms with E-state index in [1.54, 1.807) is 0 Å². The number of rotatable bonds is 4. The molecular formula is C5H2N8O6. The predicted octanol–water partition coefficient (Wildman–Crippen LogP) is -0.0806. The largest absolute Gasteiger partial charge is 0.453 e. The third-order valence-electron chi connectivity index (χ3n) is 1.95. The van der Waals surface area contributed by atoms with Crippen LogP contribution in [0, 0.1) is 30.3 Å². The first-order valence-corrected chi connectivity index (χ1v) is 4.36. The standard InChI is InChI=1S/C5H2N8O6/c14-11(15)2-1(7-9-4(2)12(16)17)3-6-5(10-8-3)13(18)19/h(H,7,9)(H,6,8,10). The van der Waals surface area contributed by atoms with E-state index in [-0.39, 0.29) is 0 Å². The highest BCUT2D eigenvalue weighted by molar-refractivity contribution is 5.70. The number of nitro groups is 3. The lowest BCUT2D eigenvalue weighted by molar-refractivity contribution is -0.424. The third-order valence-corrected chi connectivity index (χ3v) is 1.95. The van der Waals surface area contributed by atoms with Crippen LogP contribution in [0.2, 0.25) is 0 Å². The van der Waals surface area contributed by atoms with Gasteiger partial charge in [-0.2, -0.15) is 0 Å². The minimum Gasteiger partial charge on any atom is -0.390 e. The number of aromatic amines is 2. The highest BCUT2D eigenvalue weighted by atomic mass is 16.6. The zero-order chi connectivity index (χ0) is 14.2. The molecule has 0 aliphatic carbocycles. The van der Waals surface area contributed by atoms with Crippen molar-refractivity contribution in [3.63, 3.8) is 0 Å². The second-order valence-electron chi connectivity index (χ2n) is 3.02. The van der Waals surface area contributed by atoms with E-state index in [0.29, 0.717) is 0 Å². The fraction of sp³-hybridized carbons (Fsp3) is 0. The van der Waals surface area contributed by atoms with E-state index in [0.717, 1.165) is 0 Å². The van der Waals surface area contributed by atoms with Gasteiger partial charge >= 0.3 is 23.3 Å². The number of nitrogens with one attached hydrogen (secondary N) is 2.